The number of hydrogen-bond acceptors (Lipinski definition) is 4. The Kier molecular flexibility index (Phi) is 7.06. The van der Waals surface area contributed by atoms with Crippen molar-refractivity contribution in [3.8, 4) is 11.5 Å². The number of phenols is 2. The number of phenolic OH excluding ortho intramolecular Hbond substituents is 2. The molecule has 0 aliphatic carbocycles. The number of hydrogen-bond donors (Lipinski definition) is 4. The smallest absolute Gasteiger partial charge is 0.332 e. The zero-order valence-corrected chi connectivity index (χ0v) is 16.9. The Balaban J connectivity index is 2.60. The Labute approximate surface area is 179 Å². The van der Waals surface area contributed by atoms with Crippen LogP contribution >= 0.6 is 46.4 Å². The van der Waals surface area contributed by atoms with E-state index in [1.807, 2.05) is 0 Å². The Morgan fingerprint density at radius 2 is 1.00 bits per heavy atom. The predicted molar refractivity (Wildman–Crippen MR) is 106 cm³/mol. The molecule has 0 aliphatic rings. The van der Waals surface area contributed by atoms with Crippen LogP contribution in [-0.2, 0) is 22.4 Å². The molecule has 0 spiro atoms. The lowest BCUT2D eigenvalue weighted by molar-refractivity contribution is -0.136. The zero-order chi connectivity index (χ0) is 21.2. The van der Waals surface area contributed by atoms with E-state index in [9.17, 15) is 30.0 Å². The van der Waals surface area contributed by atoms with Gasteiger partial charge in [-0.05, 0) is 24.3 Å². The summed E-state index contributed by atoms with van der Waals surface area (Å²) in [4.78, 5) is 23.5. The molecule has 0 radical (unpaired) electrons. The molecule has 2 rings (SSSR count). The van der Waals surface area contributed by atoms with E-state index < -0.39 is 47.4 Å². The molecule has 4 N–H and O–H groups in total. The minimum absolute atomic E-state index is 0.0296. The molecule has 28 heavy (non-hydrogen) atoms. The Morgan fingerprint density at radius 1 is 0.679 bits per heavy atom. The highest BCUT2D eigenvalue weighted by molar-refractivity contribution is 6.36. The molecule has 148 valence electrons. The van der Waals surface area contributed by atoms with E-state index in [4.69, 9.17) is 46.4 Å². The fourth-order valence-electron chi connectivity index (χ4n) is 2.51. The van der Waals surface area contributed by atoms with Gasteiger partial charge in [0.2, 0.25) is 0 Å². The topological polar surface area (TPSA) is 115 Å². The minimum Gasteiger partial charge on any atom is -0.506 e. The molecule has 10 heteroatoms. The van der Waals surface area contributed by atoms with Gasteiger partial charge in [-0.1, -0.05) is 46.4 Å². The fourth-order valence-corrected chi connectivity index (χ4v) is 3.58. The third kappa shape index (κ3) is 5.02. The number of carbonyl (C=O) groups is 2. The second-order valence-electron chi connectivity index (χ2n) is 5.71. The molecule has 0 unspecified atom stereocenters. The Bertz CT molecular complexity index is 921. The highest BCUT2D eigenvalue weighted by Crippen LogP contribution is 2.35. The first-order chi connectivity index (χ1) is 13.0. The van der Waals surface area contributed by atoms with Crippen LogP contribution in [0, 0.1) is 0 Å². The fraction of sp³-hybridized carbons (Fsp3) is 0.111. The summed E-state index contributed by atoms with van der Waals surface area (Å²) in [6, 6.07) is 5.07. The van der Waals surface area contributed by atoms with Gasteiger partial charge in [-0.3, -0.25) is 0 Å². The van der Waals surface area contributed by atoms with Gasteiger partial charge in [0.15, 0.2) is 0 Å². The maximum absolute atomic E-state index is 11.8. The minimum atomic E-state index is -1.53. The molecule has 0 heterocycles. The Hall–Kier alpha value is -2.12. The van der Waals surface area contributed by atoms with E-state index in [1.165, 1.54) is 24.3 Å². The van der Waals surface area contributed by atoms with Crippen molar-refractivity contribution in [1.29, 1.82) is 0 Å². The van der Waals surface area contributed by atoms with Crippen LogP contribution in [0.3, 0.4) is 0 Å². The maximum atomic E-state index is 11.8. The summed E-state index contributed by atoms with van der Waals surface area (Å²) in [5, 5.41) is 39.3. The SMILES string of the molecule is O=C(O)C(Cc1cc(Cl)cc(Cl)c1O)=C(Cc1cc(Cl)cc(Cl)c1O)C(=O)O. The van der Waals surface area contributed by atoms with Gasteiger partial charge in [0.05, 0.1) is 21.2 Å². The first kappa shape index (κ1) is 22.2. The normalized spacial score (nSPS) is 11.9. The van der Waals surface area contributed by atoms with Crippen LogP contribution in [0.25, 0.3) is 0 Å². The van der Waals surface area contributed by atoms with Gasteiger partial charge in [-0.2, -0.15) is 0 Å². The average Bonchev–Trinajstić information content (AvgIpc) is 2.58. The molecule has 0 atom stereocenters. The Morgan fingerprint density at radius 3 is 1.29 bits per heavy atom. The van der Waals surface area contributed by atoms with Gasteiger partial charge >= 0.3 is 11.9 Å². The summed E-state index contributed by atoms with van der Waals surface area (Å²) in [6.07, 6.45) is -0.948. The van der Waals surface area contributed by atoms with Gasteiger partial charge in [-0.15, -0.1) is 0 Å². The van der Waals surface area contributed by atoms with Crippen molar-refractivity contribution in [2.45, 2.75) is 12.8 Å². The van der Waals surface area contributed by atoms with E-state index in [2.05, 4.69) is 0 Å². The first-order valence-electron chi connectivity index (χ1n) is 7.53. The monoisotopic (exact) mass is 464 g/mol. The summed E-state index contributed by atoms with van der Waals surface area (Å²) in [5.74, 6) is -3.88. The molecular weight excluding hydrogens is 454 g/mol. The lowest BCUT2D eigenvalue weighted by Gasteiger charge is -2.13. The van der Waals surface area contributed by atoms with Gasteiger partial charge in [0.25, 0.3) is 0 Å². The van der Waals surface area contributed by atoms with Gasteiger partial charge in [-0.25, -0.2) is 9.59 Å². The third-order valence-electron chi connectivity index (χ3n) is 3.83. The van der Waals surface area contributed by atoms with E-state index in [-0.39, 0.29) is 31.2 Å². The van der Waals surface area contributed by atoms with Crippen LogP contribution in [0.4, 0.5) is 0 Å². The molecule has 0 saturated heterocycles. The van der Waals surface area contributed by atoms with E-state index in [1.54, 1.807) is 0 Å². The highest BCUT2D eigenvalue weighted by atomic mass is 35.5. The summed E-state index contributed by atoms with van der Waals surface area (Å²) < 4.78 is 0. The van der Waals surface area contributed by atoms with Crippen LogP contribution in [-0.4, -0.2) is 32.4 Å². The summed E-state index contributed by atoms with van der Waals surface area (Å²) in [7, 11) is 0. The molecule has 2 aromatic rings. The maximum Gasteiger partial charge on any atom is 0.332 e. The molecule has 0 bridgehead atoms. The van der Waals surface area contributed by atoms with Crippen molar-refractivity contribution in [3.05, 3.63) is 66.6 Å². The number of carboxylic acid groups (broad SMARTS) is 2. The van der Waals surface area contributed by atoms with E-state index in [0.29, 0.717) is 0 Å². The van der Waals surface area contributed by atoms with E-state index >= 15 is 0 Å². The predicted octanol–water partition coefficient (Wildman–Crippen LogP) is 4.96. The lowest BCUT2D eigenvalue weighted by Crippen LogP contribution is -2.15. The van der Waals surface area contributed by atoms with E-state index in [0.717, 1.165) is 0 Å². The number of aliphatic carboxylic acids is 2. The second kappa shape index (κ2) is 8.92. The van der Waals surface area contributed by atoms with Crippen LogP contribution in [0.5, 0.6) is 11.5 Å². The quantitative estimate of drug-likeness (QED) is 0.448. The van der Waals surface area contributed by atoms with Crippen molar-refractivity contribution in [1.82, 2.24) is 0 Å². The molecule has 6 nitrogen and oxygen atoms in total. The van der Waals surface area contributed by atoms with Crippen molar-refractivity contribution in [3.63, 3.8) is 0 Å². The van der Waals surface area contributed by atoms with Crippen LogP contribution in [0.15, 0.2) is 35.4 Å². The highest BCUT2D eigenvalue weighted by Gasteiger charge is 2.24. The number of rotatable bonds is 6. The molecular formula is C18H12Cl4O6. The number of halogens is 4. The molecule has 0 fully saturated rings. The van der Waals surface area contributed by atoms with Crippen LogP contribution < -0.4 is 0 Å². The third-order valence-corrected chi connectivity index (χ3v) is 4.84. The van der Waals surface area contributed by atoms with Crippen LogP contribution in [0.2, 0.25) is 20.1 Å². The van der Waals surface area contributed by atoms with Gasteiger partial charge < -0.3 is 20.4 Å². The largest absolute Gasteiger partial charge is 0.506 e. The number of aromatic hydroxyl groups is 2. The summed E-state index contributed by atoms with van der Waals surface area (Å²) >= 11 is 23.4. The van der Waals surface area contributed by atoms with Crippen molar-refractivity contribution in [2.24, 2.45) is 0 Å². The molecule has 2 aromatic carbocycles. The second-order valence-corrected chi connectivity index (χ2v) is 7.40. The zero-order valence-electron chi connectivity index (χ0n) is 13.8. The average molecular weight is 466 g/mol. The number of benzene rings is 2. The standard InChI is InChI=1S/C18H12Cl4O6/c19-9-1-7(15(23)13(21)5-9)3-11(17(25)26)12(18(27)28)4-8-2-10(20)6-14(22)16(8)24/h1-2,5-6,23-24H,3-4H2,(H,25,26)(H,27,28). The summed E-state index contributed by atoms with van der Waals surface area (Å²) in [5.41, 5.74) is -1.00. The molecule has 0 saturated carbocycles. The number of carboxylic acids is 2. The van der Waals surface area contributed by atoms with Gasteiger partial charge in [0, 0.05) is 34.0 Å². The van der Waals surface area contributed by atoms with Crippen LogP contribution in [0.1, 0.15) is 11.1 Å². The van der Waals surface area contributed by atoms with Gasteiger partial charge in [0.1, 0.15) is 11.5 Å². The molecule has 0 amide bonds. The first-order valence-corrected chi connectivity index (χ1v) is 9.04. The van der Waals surface area contributed by atoms with Crippen molar-refractivity contribution < 1.29 is 30.0 Å². The molecule has 0 aromatic heterocycles. The summed E-state index contributed by atoms with van der Waals surface area (Å²) in [6.45, 7) is 0. The van der Waals surface area contributed by atoms with Crippen molar-refractivity contribution >= 4 is 58.3 Å². The lowest BCUT2D eigenvalue weighted by atomic mass is 9.94. The molecule has 0 aliphatic heterocycles. The van der Waals surface area contributed by atoms with Crippen molar-refractivity contribution in [2.75, 3.05) is 0 Å².